The third kappa shape index (κ3) is 4.26. The summed E-state index contributed by atoms with van der Waals surface area (Å²) in [4.78, 5) is 12.3. The van der Waals surface area contributed by atoms with E-state index in [1.165, 1.54) is 0 Å². The van der Waals surface area contributed by atoms with Crippen LogP contribution in [0.3, 0.4) is 0 Å². The minimum atomic E-state index is -1.00. The van der Waals surface area contributed by atoms with E-state index in [2.05, 4.69) is 10.4 Å². The first kappa shape index (κ1) is 15.4. The summed E-state index contributed by atoms with van der Waals surface area (Å²) in [6.45, 7) is 2.68. The smallest absolute Gasteiger partial charge is 0.254 e. The lowest BCUT2D eigenvalue weighted by atomic mass is 10.1. The van der Waals surface area contributed by atoms with Gasteiger partial charge in [0.2, 0.25) is 0 Å². The summed E-state index contributed by atoms with van der Waals surface area (Å²) in [7, 11) is -1.00. The average Bonchev–Trinajstić information content (AvgIpc) is 2.96. The van der Waals surface area contributed by atoms with Crippen LogP contribution in [-0.2, 0) is 17.3 Å². The Morgan fingerprint density at radius 3 is 2.67 bits per heavy atom. The Balaban J connectivity index is 2.14. The molecule has 1 aromatic carbocycles. The number of nitrogens with zero attached hydrogens (tertiary/aromatic N) is 2. The Kier molecular flexibility index (Phi) is 5.27. The van der Waals surface area contributed by atoms with Crippen LogP contribution in [0, 0.1) is 0 Å². The number of hydrogen-bond donors (Lipinski definition) is 1. The summed E-state index contributed by atoms with van der Waals surface area (Å²) < 4.78 is 13.2. The third-order valence-corrected chi connectivity index (χ3v) is 3.93. The van der Waals surface area contributed by atoms with E-state index in [-0.39, 0.29) is 11.9 Å². The molecule has 0 bridgehead atoms. The molecule has 0 radical (unpaired) electrons. The van der Waals surface area contributed by atoms with Gasteiger partial charge in [-0.1, -0.05) is 30.3 Å². The van der Waals surface area contributed by atoms with Gasteiger partial charge in [0, 0.05) is 35.5 Å². The van der Waals surface area contributed by atoms with E-state index in [4.69, 9.17) is 0 Å². The highest BCUT2D eigenvalue weighted by atomic mass is 32.2. The molecule has 0 aliphatic carbocycles. The molecule has 5 nitrogen and oxygen atoms in total. The summed E-state index contributed by atoms with van der Waals surface area (Å²) in [6, 6.07) is 9.30. The van der Waals surface area contributed by atoms with Crippen molar-refractivity contribution in [3.63, 3.8) is 0 Å². The highest BCUT2D eigenvalue weighted by molar-refractivity contribution is 7.84. The Labute approximate surface area is 126 Å². The standard InChI is InChI=1S/C15H19N3O2S/c1-3-18-10-13(9-16-18)15(19)17-14(11-21(2)20)12-7-5-4-6-8-12/h4-10,14H,3,11H2,1-2H3,(H,17,19)/t14-,21-/m1/s1. The van der Waals surface area contributed by atoms with Crippen molar-refractivity contribution in [1.82, 2.24) is 15.1 Å². The molecule has 1 heterocycles. The largest absolute Gasteiger partial charge is 0.344 e. The van der Waals surface area contributed by atoms with Crippen LogP contribution >= 0.6 is 0 Å². The van der Waals surface area contributed by atoms with Gasteiger partial charge in [-0.05, 0) is 12.5 Å². The van der Waals surface area contributed by atoms with Crippen LogP contribution in [0.25, 0.3) is 0 Å². The number of amides is 1. The van der Waals surface area contributed by atoms with Gasteiger partial charge in [0.1, 0.15) is 0 Å². The van der Waals surface area contributed by atoms with E-state index in [0.29, 0.717) is 17.9 Å². The van der Waals surface area contributed by atoms with E-state index < -0.39 is 10.8 Å². The zero-order valence-electron chi connectivity index (χ0n) is 12.2. The Hall–Kier alpha value is -1.95. The van der Waals surface area contributed by atoms with Crippen molar-refractivity contribution in [3.8, 4) is 0 Å². The van der Waals surface area contributed by atoms with Crippen molar-refractivity contribution >= 4 is 16.7 Å². The monoisotopic (exact) mass is 305 g/mol. The normalized spacial score (nSPS) is 13.6. The number of aromatic nitrogens is 2. The van der Waals surface area contributed by atoms with Gasteiger partial charge in [0.25, 0.3) is 5.91 Å². The van der Waals surface area contributed by atoms with Gasteiger partial charge < -0.3 is 5.32 Å². The maximum absolute atomic E-state index is 12.3. The predicted octanol–water partition coefficient (Wildman–Crippen LogP) is 1.75. The molecule has 2 rings (SSSR count). The van der Waals surface area contributed by atoms with Crippen LogP contribution in [-0.4, -0.2) is 31.9 Å². The summed E-state index contributed by atoms with van der Waals surface area (Å²) in [5.41, 5.74) is 1.46. The lowest BCUT2D eigenvalue weighted by Gasteiger charge is -2.17. The van der Waals surface area contributed by atoms with Crippen molar-refractivity contribution in [1.29, 1.82) is 0 Å². The van der Waals surface area contributed by atoms with Crippen molar-refractivity contribution in [2.24, 2.45) is 0 Å². The second-order valence-corrected chi connectivity index (χ2v) is 6.24. The molecule has 0 spiro atoms. The van der Waals surface area contributed by atoms with Crippen LogP contribution in [0.2, 0.25) is 0 Å². The fourth-order valence-electron chi connectivity index (χ4n) is 2.04. The lowest BCUT2D eigenvalue weighted by molar-refractivity contribution is 0.0940. The first-order chi connectivity index (χ1) is 10.1. The zero-order valence-corrected chi connectivity index (χ0v) is 13.0. The van der Waals surface area contributed by atoms with Crippen LogP contribution in [0.5, 0.6) is 0 Å². The van der Waals surface area contributed by atoms with E-state index in [1.54, 1.807) is 23.3 Å². The maximum atomic E-state index is 12.3. The van der Waals surface area contributed by atoms with E-state index in [0.717, 1.165) is 5.56 Å². The van der Waals surface area contributed by atoms with E-state index in [1.807, 2.05) is 37.3 Å². The molecule has 2 aromatic rings. The lowest BCUT2D eigenvalue weighted by Crippen LogP contribution is -2.31. The highest BCUT2D eigenvalue weighted by Gasteiger charge is 2.18. The maximum Gasteiger partial charge on any atom is 0.254 e. The molecule has 0 fully saturated rings. The SMILES string of the molecule is CCn1cc(C(=O)N[C@H](C[S@@](C)=O)c2ccccc2)cn1. The number of aryl methyl sites for hydroxylation is 1. The van der Waals surface area contributed by atoms with Crippen LogP contribution in [0.4, 0.5) is 0 Å². The molecule has 6 heteroatoms. The Morgan fingerprint density at radius 1 is 1.38 bits per heavy atom. The number of benzene rings is 1. The molecule has 2 atom stereocenters. The van der Waals surface area contributed by atoms with Gasteiger partial charge in [-0.2, -0.15) is 5.10 Å². The Morgan fingerprint density at radius 2 is 2.10 bits per heavy atom. The molecule has 1 amide bonds. The van der Waals surface area contributed by atoms with Crippen molar-refractivity contribution in [3.05, 3.63) is 53.9 Å². The average molecular weight is 305 g/mol. The van der Waals surface area contributed by atoms with E-state index >= 15 is 0 Å². The summed E-state index contributed by atoms with van der Waals surface area (Å²) in [6.07, 6.45) is 4.89. The molecule has 0 saturated heterocycles. The van der Waals surface area contributed by atoms with Gasteiger partial charge >= 0.3 is 0 Å². The Bertz CT molecular complexity index is 625. The number of carbonyl (C=O) groups excluding carboxylic acids is 1. The molecule has 0 aliphatic heterocycles. The van der Waals surface area contributed by atoms with Crippen molar-refractivity contribution in [2.45, 2.75) is 19.5 Å². The van der Waals surface area contributed by atoms with E-state index in [9.17, 15) is 9.00 Å². The van der Waals surface area contributed by atoms with Crippen LogP contribution in [0.1, 0.15) is 28.9 Å². The summed E-state index contributed by atoms with van der Waals surface area (Å²) >= 11 is 0. The molecule has 21 heavy (non-hydrogen) atoms. The van der Waals surface area contributed by atoms with Crippen LogP contribution < -0.4 is 5.32 Å². The fraction of sp³-hybridized carbons (Fsp3) is 0.333. The first-order valence-electron chi connectivity index (χ1n) is 6.78. The number of nitrogens with one attached hydrogen (secondary N) is 1. The molecule has 0 unspecified atom stereocenters. The van der Waals surface area contributed by atoms with Gasteiger partial charge in [0.05, 0.1) is 17.8 Å². The van der Waals surface area contributed by atoms with Gasteiger partial charge in [-0.25, -0.2) is 0 Å². The van der Waals surface area contributed by atoms with Gasteiger partial charge in [0.15, 0.2) is 0 Å². The number of rotatable bonds is 6. The molecular weight excluding hydrogens is 286 g/mol. The van der Waals surface area contributed by atoms with Gasteiger partial charge in [-0.3, -0.25) is 13.7 Å². The topological polar surface area (TPSA) is 64.0 Å². The number of carbonyl (C=O) groups is 1. The summed E-state index contributed by atoms with van der Waals surface area (Å²) in [5, 5.41) is 7.03. The second kappa shape index (κ2) is 7.17. The third-order valence-electron chi connectivity index (χ3n) is 3.13. The van der Waals surface area contributed by atoms with Gasteiger partial charge in [-0.15, -0.1) is 0 Å². The summed E-state index contributed by atoms with van der Waals surface area (Å²) in [5.74, 6) is 0.187. The molecule has 0 saturated carbocycles. The minimum absolute atomic E-state index is 0.200. The quantitative estimate of drug-likeness (QED) is 0.884. The highest BCUT2D eigenvalue weighted by Crippen LogP contribution is 2.14. The zero-order chi connectivity index (χ0) is 15.2. The molecule has 112 valence electrons. The minimum Gasteiger partial charge on any atom is -0.344 e. The second-order valence-electron chi connectivity index (χ2n) is 4.76. The molecule has 1 aromatic heterocycles. The van der Waals surface area contributed by atoms with Crippen LogP contribution in [0.15, 0.2) is 42.7 Å². The first-order valence-corrected chi connectivity index (χ1v) is 8.51. The van der Waals surface area contributed by atoms with Crippen molar-refractivity contribution in [2.75, 3.05) is 12.0 Å². The number of hydrogen-bond acceptors (Lipinski definition) is 3. The molecule has 1 N–H and O–H groups in total. The van der Waals surface area contributed by atoms with Crippen molar-refractivity contribution < 1.29 is 9.00 Å². The molecule has 0 aliphatic rings. The molecular formula is C15H19N3O2S. The fourth-order valence-corrected chi connectivity index (χ4v) is 2.78. The predicted molar refractivity (Wildman–Crippen MR) is 83.5 cm³/mol.